The largest absolute Gasteiger partial charge is 0.480 e. The maximum absolute atomic E-state index is 11.1. The smallest absolute Gasteiger partial charge is 0.325 e. The summed E-state index contributed by atoms with van der Waals surface area (Å²) in [5.74, 6) is -0.973. The first-order chi connectivity index (χ1) is 8.59. The molecule has 2 rings (SSSR count). The Morgan fingerprint density at radius 3 is 2.61 bits per heavy atom. The molecule has 0 amide bonds. The lowest BCUT2D eigenvalue weighted by atomic mass is 10.00. The molecule has 0 aromatic heterocycles. The Balaban J connectivity index is 2.36. The van der Waals surface area contributed by atoms with Crippen molar-refractivity contribution in [1.82, 2.24) is 0 Å². The lowest BCUT2D eigenvalue weighted by Crippen LogP contribution is -2.32. The minimum absolute atomic E-state index is 0.726. The van der Waals surface area contributed by atoms with Gasteiger partial charge in [0.1, 0.15) is 6.04 Å². The van der Waals surface area contributed by atoms with Gasteiger partial charge in [0.15, 0.2) is 0 Å². The van der Waals surface area contributed by atoms with Gasteiger partial charge in [-0.1, -0.05) is 17.7 Å². The Kier molecular flexibility index (Phi) is 3.87. The molecule has 1 heterocycles. The highest BCUT2D eigenvalue weighted by atomic mass is 16.4. The van der Waals surface area contributed by atoms with Crippen molar-refractivity contribution in [2.24, 2.45) is 5.73 Å². The van der Waals surface area contributed by atoms with Crippen molar-refractivity contribution < 1.29 is 9.90 Å². The molecule has 1 aliphatic heterocycles. The Morgan fingerprint density at radius 2 is 2.00 bits per heavy atom. The van der Waals surface area contributed by atoms with Crippen LogP contribution in [0.25, 0.3) is 0 Å². The van der Waals surface area contributed by atoms with E-state index in [1.165, 1.54) is 6.42 Å². The molecule has 1 atom stereocenters. The van der Waals surface area contributed by atoms with Crippen molar-refractivity contribution >= 4 is 11.7 Å². The molecule has 1 fully saturated rings. The first kappa shape index (κ1) is 12.9. The first-order valence-electron chi connectivity index (χ1n) is 6.43. The lowest BCUT2D eigenvalue weighted by molar-refractivity contribution is -0.138. The van der Waals surface area contributed by atoms with Crippen LogP contribution in [0.1, 0.15) is 36.4 Å². The molecule has 0 radical (unpaired) electrons. The van der Waals surface area contributed by atoms with E-state index in [1.54, 1.807) is 0 Å². The van der Waals surface area contributed by atoms with Gasteiger partial charge < -0.3 is 15.7 Å². The van der Waals surface area contributed by atoms with Gasteiger partial charge in [-0.05, 0) is 32.3 Å². The van der Waals surface area contributed by atoms with Gasteiger partial charge in [-0.3, -0.25) is 4.79 Å². The zero-order valence-corrected chi connectivity index (χ0v) is 10.7. The van der Waals surface area contributed by atoms with Crippen LogP contribution in [0.4, 0.5) is 5.69 Å². The second-order valence-corrected chi connectivity index (χ2v) is 4.93. The fourth-order valence-corrected chi connectivity index (χ4v) is 2.48. The van der Waals surface area contributed by atoms with E-state index in [9.17, 15) is 4.79 Å². The molecule has 1 aliphatic rings. The van der Waals surface area contributed by atoms with Crippen molar-refractivity contribution in [1.29, 1.82) is 0 Å². The van der Waals surface area contributed by atoms with Crippen LogP contribution in [0.2, 0.25) is 0 Å². The number of carbonyl (C=O) groups is 1. The van der Waals surface area contributed by atoms with Gasteiger partial charge in [-0.25, -0.2) is 0 Å². The van der Waals surface area contributed by atoms with E-state index in [1.807, 2.05) is 25.1 Å². The highest BCUT2D eigenvalue weighted by Crippen LogP contribution is 2.29. The van der Waals surface area contributed by atoms with Crippen molar-refractivity contribution in [2.75, 3.05) is 18.0 Å². The maximum Gasteiger partial charge on any atom is 0.325 e. The van der Waals surface area contributed by atoms with Crippen LogP contribution in [-0.4, -0.2) is 24.2 Å². The monoisotopic (exact) mass is 248 g/mol. The third kappa shape index (κ3) is 2.64. The number of nitrogens with zero attached hydrogens (tertiary/aromatic N) is 1. The predicted molar refractivity (Wildman–Crippen MR) is 71.8 cm³/mol. The number of nitrogens with two attached hydrogens (primary N) is 1. The number of hydrogen-bond donors (Lipinski definition) is 2. The van der Waals surface area contributed by atoms with Gasteiger partial charge in [-0.15, -0.1) is 0 Å². The summed E-state index contributed by atoms with van der Waals surface area (Å²) in [7, 11) is 0. The number of benzene rings is 1. The van der Waals surface area contributed by atoms with Crippen molar-refractivity contribution in [3.05, 3.63) is 29.3 Å². The molecule has 4 nitrogen and oxygen atoms in total. The molecule has 4 heteroatoms. The van der Waals surface area contributed by atoms with E-state index in [0.717, 1.165) is 42.7 Å². The molecular formula is C14H20N2O2. The molecule has 1 aromatic carbocycles. The van der Waals surface area contributed by atoms with E-state index in [0.29, 0.717) is 0 Å². The summed E-state index contributed by atoms with van der Waals surface area (Å²) in [6.07, 6.45) is 3.58. The zero-order chi connectivity index (χ0) is 13.1. The van der Waals surface area contributed by atoms with Crippen molar-refractivity contribution in [3.63, 3.8) is 0 Å². The van der Waals surface area contributed by atoms with Gasteiger partial charge in [-0.2, -0.15) is 0 Å². The summed E-state index contributed by atoms with van der Waals surface area (Å²) in [5, 5.41) is 9.11. The van der Waals surface area contributed by atoms with Gasteiger partial charge in [0, 0.05) is 24.3 Å². The summed E-state index contributed by atoms with van der Waals surface area (Å²) in [6.45, 7) is 3.93. The molecule has 0 spiro atoms. The zero-order valence-electron chi connectivity index (χ0n) is 10.7. The standard InChI is InChI=1S/C14H20N2O2/c1-10-5-6-12(16-7-3-2-4-8-16)11(9-10)13(15)14(17)18/h5-6,9,13H,2-4,7-8,15H2,1H3,(H,17,18). The van der Waals surface area contributed by atoms with Gasteiger partial charge in [0.25, 0.3) is 0 Å². The maximum atomic E-state index is 11.1. The highest BCUT2D eigenvalue weighted by Gasteiger charge is 2.22. The molecule has 3 N–H and O–H groups in total. The van der Waals surface area contributed by atoms with Crippen LogP contribution >= 0.6 is 0 Å². The summed E-state index contributed by atoms with van der Waals surface area (Å²) >= 11 is 0. The topological polar surface area (TPSA) is 66.6 Å². The number of anilines is 1. The molecule has 0 aliphatic carbocycles. The van der Waals surface area contributed by atoms with E-state index in [2.05, 4.69) is 4.90 Å². The average Bonchev–Trinajstić information content (AvgIpc) is 2.38. The number of aliphatic carboxylic acids is 1. The molecule has 0 saturated carbocycles. The number of carboxylic acids is 1. The Morgan fingerprint density at radius 1 is 1.33 bits per heavy atom. The highest BCUT2D eigenvalue weighted by molar-refractivity contribution is 5.78. The quantitative estimate of drug-likeness (QED) is 0.859. The number of rotatable bonds is 3. The molecule has 18 heavy (non-hydrogen) atoms. The molecule has 0 bridgehead atoms. The van der Waals surface area contributed by atoms with Crippen molar-refractivity contribution in [2.45, 2.75) is 32.2 Å². The second-order valence-electron chi connectivity index (χ2n) is 4.93. The van der Waals surface area contributed by atoms with Crippen LogP contribution in [-0.2, 0) is 4.79 Å². The van der Waals surface area contributed by atoms with E-state index in [4.69, 9.17) is 10.8 Å². The fraction of sp³-hybridized carbons (Fsp3) is 0.500. The summed E-state index contributed by atoms with van der Waals surface area (Å²) in [5.41, 5.74) is 8.54. The number of carboxylic acid groups (broad SMARTS) is 1. The summed E-state index contributed by atoms with van der Waals surface area (Å²) in [6, 6.07) is 4.96. The van der Waals surface area contributed by atoms with Crippen LogP contribution in [0.5, 0.6) is 0 Å². The predicted octanol–water partition coefficient (Wildman–Crippen LogP) is 2.07. The molecule has 1 aromatic rings. The lowest BCUT2D eigenvalue weighted by Gasteiger charge is -2.31. The minimum Gasteiger partial charge on any atom is -0.480 e. The Bertz CT molecular complexity index is 439. The van der Waals surface area contributed by atoms with E-state index in [-0.39, 0.29) is 0 Å². The van der Waals surface area contributed by atoms with Crippen molar-refractivity contribution in [3.8, 4) is 0 Å². The van der Waals surface area contributed by atoms with Gasteiger partial charge in [0.2, 0.25) is 0 Å². The minimum atomic E-state index is -0.973. The summed E-state index contributed by atoms with van der Waals surface area (Å²) in [4.78, 5) is 13.4. The van der Waals surface area contributed by atoms with Gasteiger partial charge in [0.05, 0.1) is 0 Å². The normalized spacial score (nSPS) is 17.6. The fourth-order valence-electron chi connectivity index (χ4n) is 2.48. The Hall–Kier alpha value is -1.55. The number of hydrogen-bond acceptors (Lipinski definition) is 3. The van der Waals surface area contributed by atoms with E-state index >= 15 is 0 Å². The molecular weight excluding hydrogens is 228 g/mol. The van der Waals surface area contributed by atoms with Crippen LogP contribution in [0, 0.1) is 6.92 Å². The van der Waals surface area contributed by atoms with E-state index < -0.39 is 12.0 Å². The summed E-state index contributed by atoms with van der Waals surface area (Å²) < 4.78 is 0. The van der Waals surface area contributed by atoms with Crippen LogP contribution in [0.15, 0.2) is 18.2 Å². The SMILES string of the molecule is Cc1ccc(N2CCCCC2)c(C(N)C(=O)O)c1. The van der Waals surface area contributed by atoms with Crippen LogP contribution in [0.3, 0.4) is 0 Å². The molecule has 98 valence electrons. The van der Waals surface area contributed by atoms with Gasteiger partial charge >= 0.3 is 5.97 Å². The average molecular weight is 248 g/mol. The number of aryl methyl sites for hydroxylation is 1. The van der Waals surface area contributed by atoms with Crippen LogP contribution < -0.4 is 10.6 Å². The molecule has 1 saturated heterocycles. The Labute approximate surface area is 107 Å². The third-order valence-corrected chi connectivity index (χ3v) is 3.48. The first-order valence-corrected chi connectivity index (χ1v) is 6.43. The number of piperidine rings is 1. The third-order valence-electron chi connectivity index (χ3n) is 3.48. The molecule has 1 unspecified atom stereocenters. The second kappa shape index (κ2) is 5.40.